The van der Waals surface area contributed by atoms with E-state index in [4.69, 9.17) is 10.5 Å². The summed E-state index contributed by atoms with van der Waals surface area (Å²) in [7, 11) is 0. The third-order valence-corrected chi connectivity index (χ3v) is 2.71. The summed E-state index contributed by atoms with van der Waals surface area (Å²) in [6, 6.07) is 0.432. The number of nitrogens with two attached hydrogens (primary N) is 1. The molecule has 2 heteroatoms. The number of hydrogen-bond acceptors (Lipinski definition) is 2. The first kappa shape index (κ1) is 6.62. The molecule has 0 amide bonds. The Balaban J connectivity index is 1.90. The zero-order chi connectivity index (χ0) is 6.97. The second-order valence-corrected chi connectivity index (χ2v) is 3.48. The van der Waals surface area contributed by atoms with Crippen molar-refractivity contribution >= 4 is 0 Å². The predicted octanol–water partition coefficient (Wildman–Crippen LogP) is 0.903. The third kappa shape index (κ3) is 1.18. The van der Waals surface area contributed by atoms with Crippen LogP contribution in [0.4, 0.5) is 0 Å². The molecule has 2 nitrogen and oxygen atoms in total. The second-order valence-electron chi connectivity index (χ2n) is 3.48. The Morgan fingerprint density at radius 1 is 1.20 bits per heavy atom. The van der Waals surface area contributed by atoms with Crippen molar-refractivity contribution in [2.45, 2.75) is 37.8 Å². The normalized spacial score (nSPS) is 47.1. The van der Waals surface area contributed by atoms with Crippen molar-refractivity contribution < 1.29 is 4.74 Å². The molecule has 0 spiro atoms. The van der Waals surface area contributed by atoms with E-state index in [0.29, 0.717) is 18.1 Å². The first-order chi connectivity index (χ1) is 4.88. The van der Waals surface area contributed by atoms with E-state index in [0.717, 1.165) is 6.61 Å². The highest BCUT2D eigenvalue weighted by Gasteiger charge is 2.37. The molecule has 0 aromatic rings. The highest BCUT2D eigenvalue weighted by Crippen LogP contribution is 2.32. The van der Waals surface area contributed by atoms with Crippen LogP contribution in [0.15, 0.2) is 0 Å². The van der Waals surface area contributed by atoms with Gasteiger partial charge in [-0.15, -0.1) is 0 Å². The lowest BCUT2D eigenvalue weighted by Gasteiger charge is -2.26. The Hall–Kier alpha value is -0.0800. The second kappa shape index (κ2) is 2.51. The minimum absolute atomic E-state index is 0.432. The van der Waals surface area contributed by atoms with Crippen LogP contribution in [0.1, 0.15) is 25.7 Å². The largest absolute Gasteiger partial charge is 0.373 e. The van der Waals surface area contributed by atoms with Crippen molar-refractivity contribution in [3.8, 4) is 0 Å². The molecule has 3 atom stereocenters. The van der Waals surface area contributed by atoms with Gasteiger partial charge in [0.2, 0.25) is 0 Å². The minimum atomic E-state index is 0.432. The molecule has 0 aromatic carbocycles. The highest BCUT2D eigenvalue weighted by molar-refractivity contribution is 4.88. The molecule has 0 aromatic heterocycles. The average Bonchev–Trinajstić information content (AvgIpc) is 2.71. The van der Waals surface area contributed by atoms with Gasteiger partial charge in [-0.3, -0.25) is 0 Å². The van der Waals surface area contributed by atoms with Crippen molar-refractivity contribution in [2.24, 2.45) is 11.7 Å². The van der Waals surface area contributed by atoms with E-state index >= 15 is 0 Å². The summed E-state index contributed by atoms with van der Waals surface area (Å²) < 4.78 is 5.24. The lowest BCUT2D eigenvalue weighted by atomic mass is 9.83. The van der Waals surface area contributed by atoms with E-state index in [1.807, 2.05) is 0 Å². The number of epoxide rings is 1. The van der Waals surface area contributed by atoms with Gasteiger partial charge >= 0.3 is 0 Å². The van der Waals surface area contributed by atoms with Gasteiger partial charge in [0, 0.05) is 12.0 Å². The van der Waals surface area contributed by atoms with Gasteiger partial charge in [0.25, 0.3) is 0 Å². The van der Waals surface area contributed by atoms with Crippen LogP contribution in [0, 0.1) is 5.92 Å². The van der Waals surface area contributed by atoms with Crippen LogP contribution in [0.3, 0.4) is 0 Å². The first-order valence-electron chi connectivity index (χ1n) is 4.25. The maximum atomic E-state index is 5.94. The number of ether oxygens (including phenoxy) is 1. The molecule has 10 heavy (non-hydrogen) atoms. The molecule has 1 aliphatic heterocycles. The molecule has 2 aliphatic rings. The zero-order valence-corrected chi connectivity index (χ0v) is 6.25. The molecule has 58 valence electrons. The van der Waals surface area contributed by atoms with E-state index < -0.39 is 0 Å². The molecule has 1 saturated heterocycles. The summed E-state index contributed by atoms with van der Waals surface area (Å²) in [5.74, 6) is 0.689. The van der Waals surface area contributed by atoms with Gasteiger partial charge in [-0.1, -0.05) is 12.8 Å². The quantitative estimate of drug-likeness (QED) is 0.551. The van der Waals surface area contributed by atoms with E-state index in [9.17, 15) is 0 Å². The van der Waals surface area contributed by atoms with Crippen LogP contribution in [-0.2, 0) is 4.74 Å². The lowest BCUT2D eigenvalue weighted by molar-refractivity contribution is 0.236. The smallest absolute Gasteiger partial charge is 0.0852 e. The summed E-state index contributed by atoms with van der Waals surface area (Å²) in [4.78, 5) is 0. The maximum Gasteiger partial charge on any atom is 0.0852 e. The van der Waals surface area contributed by atoms with Gasteiger partial charge in [-0.2, -0.15) is 0 Å². The molecule has 0 bridgehead atoms. The van der Waals surface area contributed by atoms with Crippen LogP contribution >= 0.6 is 0 Å². The van der Waals surface area contributed by atoms with E-state index in [2.05, 4.69) is 0 Å². The maximum absolute atomic E-state index is 5.94. The number of hydrogen-bond donors (Lipinski definition) is 1. The Bertz CT molecular complexity index is 122. The van der Waals surface area contributed by atoms with Crippen LogP contribution < -0.4 is 5.73 Å². The molecule has 1 heterocycles. The molecule has 2 fully saturated rings. The fourth-order valence-electron chi connectivity index (χ4n) is 1.95. The summed E-state index contributed by atoms with van der Waals surface area (Å²) in [6.07, 6.45) is 5.73. The molecular weight excluding hydrogens is 126 g/mol. The molecule has 2 N–H and O–H groups in total. The fourth-order valence-corrected chi connectivity index (χ4v) is 1.95. The Morgan fingerprint density at radius 2 is 1.90 bits per heavy atom. The van der Waals surface area contributed by atoms with Gasteiger partial charge in [-0.05, 0) is 12.8 Å². The van der Waals surface area contributed by atoms with Gasteiger partial charge in [0.05, 0.1) is 12.7 Å². The van der Waals surface area contributed by atoms with Crippen molar-refractivity contribution in [3.05, 3.63) is 0 Å². The average molecular weight is 141 g/mol. The fraction of sp³-hybridized carbons (Fsp3) is 1.00. The van der Waals surface area contributed by atoms with Gasteiger partial charge < -0.3 is 10.5 Å². The van der Waals surface area contributed by atoms with E-state index in [1.54, 1.807) is 0 Å². The topological polar surface area (TPSA) is 38.5 Å². The highest BCUT2D eigenvalue weighted by atomic mass is 16.6. The van der Waals surface area contributed by atoms with Gasteiger partial charge in [0.15, 0.2) is 0 Å². The molecule has 3 unspecified atom stereocenters. The molecule has 2 rings (SSSR count). The van der Waals surface area contributed by atoms with Crippen LogP contribution in [0.2, 0.25) is 0 Å². The monoisotopic (exact) mass is 141 g/mol. The van der Waals surface area contributed by atoms with Crippen molar-refractivity contribution in [3.63, 3.8) is 0 Å². The van der Waals surface area contributed by atoms with Gasteiger partial charge in [-0.25, -0.2) is 0 Å². The Kier molecular flexibility index (Phi) is 1.66. The van der Waals surface area contributed by atoms with Crippen molar-refractivity contribution in [1.29, 1.82) is 0 Å². The summed E-state index contributed by atoms with van der Waals surface area (Å²) in [5.41, 5.74) is 5.94. The van der Waals surface area contributed by atoms with Crippen molar-refractivity contribution in [1.82, 2.24) is 0 Å². The van der Waals surface area contributed by atoms with Crippen LogP contribution in [0.5, 0.6) is 0 Å². The Labute approximate surface area is 61.7 Å². The molecule has 0 radical (unpaired) electrons. The SMILES string of the molecule is NC1CCCCC1C1CO1. The van der Waals surface area contributed by atoms with Gasteiger partial charge in [0.1, 0.15) is 0 Å². The Morgan fingerprint density at radius 3 is 2.50 bits per heavy atom. The lowest BCUT2D eigenvalue weighted by Crippen LogP contribution is -2.36. The van der Waals surface area contributed by atoms with Crippen LogP contribution in [-0.4, -0.2) is 18.8 Å². The van der Waals surface area contributed by atoms with Crippen LogP contribution in [0.25, 0.3) is 0 Å². The van der Waals surface area contributed by atoms with E-state index in [-0.39, 0.29) is 0 Å². The molecular formula is C8H15NO. The predicted molar refractivity (Wildman–Crippen MR) is 39.7 cm³/mol. The summed E-state index contributed by atoms with van der Waals surface area (Å²) in [5, 5.41) is 0. The molecule has 1 saturated carbocycles. The first-order valence-corrected chi connectivity index (χ1v) is 4.25. The van der Waals surface area contributed by atoms with Crippen molar-refractivity contribution in [2.75, 3.05) is 6.61 Å². The third-order valence-electron chi connectivity index (χ3n) is 2.71. The van der Waals surface area contributed by atoms with E-state index in [1.165, 1.54) is 25.7 Å². The standard InChI is InChI=1S/C8H15NO/c9-7-4-2-1-3-6(7)8-5-10-8/h6-8H,1-5,9H2. The molecule has 1 aliphatic carbocycles. The number of rotatable bonds is 1. The summed E-state index contributed by atoms with van der Waals surface area (Å²) >= 11 is 0. The minimum Gasteiger partial charge on any atom is -0.373 e. The summed E-state index contributed by atoms with van der Waals surface area (Å²) in [6.45, 7) is 0.971. The zero-order valence-electron chi connectivity index (χ0n) is 6.25.